The molecule has 0 saturated heterocycles. The van der Waals surface area contributed by atoms with Gasteiger partial charge in [-0.3, -0.25) is 0 Å². The highest BCUT2D eigenvalue weighted by Crippen LogP contribution is 1.89. The summed E-state index contributed by atoms with van der Waals surface area (Å²) < 4.78 is 0. The van der Waals surface area contributed by atoms with Crippen LogP contribution < -0.4 is 0 Å². The molecule has 1 aromatic heterocycles. The van der Waals surface area contributed by atoms with Crippen LogP contribution in [0.15, 0.2) is 6.20 Å². The van der Waals surface area contributed by atoms with Crippen LogP contribution in [0.25, 0.3) is 0 Å². The third kappa shape index (κ3) is 1.13. The van der Waals surface area contributed by atoms with Crippen molar-refractivity contribution in [2.45, 2.75) is 5.75 Å². The molecule has 0 aliphatic carbocycles. The molecule has 0 bridgehead atoms. The molecule has 0 N–H and O–H groups in total. The summed E-state index contributed by atoms with van der Waals surface area (Å²) in [6, 6.07) is 0. The minimum atomic E-state index is 0.558. The Kier molecular flexibility index (Phi) is 1.74. The molecule has 5 heteroatoms. The van der Waals surface area contributed by atoms with Crippen LogP contribution in [-0.2, 0) is 5.75 Å². The van der Waals surface area contributed by atoms with Crippen molar-refractivity contribution in [3.8, 4) is 0 Å². The van der Waals surface area contributed by atoms with Crippen molar-refractivity contribution in [2.75, 3.05) is 0 Å². The first-order valence-electron chi connectivity index (χ1n) is 2.04. The molecule has 0 aliphatic rings. The molecule has 1 heterocycles. The predicted octanol–water partition coefficient (Wildman–Crippen LogP) is -0.304. The van der Waals surface area contributed by atoms with Crippen LogP contribution in [0.4, 0.5) is 0 Å². The summed E-state index contributed by atoms with van der Waals surface area (Å²) in [4.78, 5) is 0. The summed E-state index contributed by atoms with van der Waals surface area (Å²) in [5.41, 5.74) is 0.739. The van der Waals surface area contributed by atoms with Gasteiger partial charge in [0.05, 0.1) is 11.9 Å². The lowest BCUT2D eigenvalue weighted by Gasteiger charge is -1.84. The van der Waals surface area contributed by atoms with Crippen LogP contribution in [0.1, 0.15) is 5.69 Å². The van der Waals surface area contributed by atoms with Crippen molar-refractivity contribution >= 4 is 12.6 Å². The number of hydrogen-bond acceptors (Lipinski definition) is 5. The Morgan fingerprint density at radius 1 is 1.50 bits per heavy atom. The van der Waals surface area contributed by atoms with Crippen molar-refractivity contribution in [3.63, 3.8) is 0 Å². The first-order chi connectivity index (χ1) is 3.93. The number of aromatic nitrogens is 4. The Balaban J connectivity index is 2.83. The number of hydrogen-bond donors (Lipinski definition) is 1. The number of nitrogens with zero attached hydrogens (tertiary/aromatic N) is 4. The summed E-state index contributed by atoms with van der Waals surface area (Å²) in [5, 5.41) is 13.6. The average molecular weight is 128 g/mol. The molecule has 0 saturated carbocycles. The van der Waals surface area contributed by atoms with Gasteiger partial charge in [-0.05, 0) is 10.4 Å². The zero-order valence-corrected chi connectivity index (χ0v) is 4.91. The van der Waals surface area contributed by atoms with E-state index >= 15 is 0 Å². The standard InChI is InChI=1S/C3H4N4S/c8-2-3-1-4-6-7-5-3/h1,8H,2H2. The van der Waals surface area contributed by atoms with Crippen LogP contribution in [0.2, 0.25) is 0 Å². The maximum atomic E-state index is 3.94. The van der Waals surface area contributed by atoms with Gasteiger partial charge in [-0.1, -0.05) is 0 Å². The van der Waals surface area contributed by atoms with Gasteiger partial charge >= 0.3 is 0 Å². The molecule has 42 valence electrons. The van der Waals surface area contributed by atoms with Crippen LogP contribution >= 0.6 is 12.6 Å². The zero-order chi connectivity index (χ0) is 5.82. The van der Waals surface area contributed by atoms with Gasteiger partial charge in [0.1, 0.15) is 0 Å². The van der Waals surface area contributed by atoms with Crippen molar-refractivity contribution in [1.82, 2.24) is 20.6 Å². The van der Waals surface area contributed by atoms with Gasteiger partial charge in [-0.25, -0.2) is 0 Å². The average Bonchev–Trinajstić information content (AvgIpc) is 1.90. The molecule has 0 radical (unpaired) electrons. The normalized spacial score (nSPS) is 9.12. The highest BCUT2D eigenvalue weighted by molar-refractivity contribution is 7.79. The maximum Gasteiger partial charge on any atom is 0.0947 e. The minimum absolute atomic E-state index is 0.558. The largest absolute Gasteiger partial charge is 0.173 e. The smallest absolute Gasteiger partial charge is 0.0947 e. The van der Waals surface area contributed by atoms with E-state index in [9.17, 15) is 0 Å². The van der Waals surface area contributed by atoms with Gasteiger partial charge in [-0.2, -0.15) is 12.6 Å². The second-order valence-electron chi connectivity index (χ2n) is 1.17. The quantitative estimate of drug-likeness (QED) is 0.527. The van der Waals surface area contributed by atoms with Gasteiger partial charge in [0, 0.05) is 5.75 Å². The summed E-state index contributed by atoms with van der Waals surface area (Å²) in [7, 11) is 0. The molecule has 0 aromatic carbocycles. The van der Waals surface area contributed by atoms with Gasteiger partial charge in [0.2, 0.25) is 0 Å². The lowest BCUT2D eigenvalue weighted by atomic mass is 10.6. The van der Waals surface area contributed by atoms with Crippen LogP contribution in [-0.4, -0.2) is 20.6 Å². The van der Waals surface area contributed by atoms with E-state index in [-0.39, 0.29) is 0 Å². The molecule has 0 atom stereocenters. The fourth-order valence-electron chi connectivity index (χ4n) is 0.291. The molecule has 0 fully saturated rings. The lowest BCUT2D eigenvalue weighted by molar-refractivity contribution is 0.740. The van der Waals surface area contributed by atoms with Gasteiger partial charge in [0.25, 0.3) is 0 Å². The van der Waals surface area contributed by atoms with E-state index in [1.165, 1.54) is 6.20 Å². The highest BCUT2D eigenvalue weighted by Gasteiger charge is 1.86. The molecule has 0 aliphatic heterocycles. The second kappa shape index (κ2) is 2.56. The lowest BCUT2D eigenvalue weighted by Crippen LogP contribution is -1.93. The predicted molar refractivity (Wildman–Crippen MR) is 30.3 cm³/mol. The summed E-state index contributed by atoms with van der Waals surface area (Å²) in [5.74, 6) is 0.558. The molecule has 0 unspecified atom stereocenters. The van der Waals surface area contributed by atoms with Crippen LogP contribution in [0, 0.1) is 0 Å². The molecule has 1 aromatic rings. The Hall–Kier alpha value is -0.710. The fraction of sp³-hybridized carbons (Fsp3) is 0.333. The van der Waals surface area contributed by atoms with Gasteiger partial charge in [-0.15, -0.1) is 10.2 Å². The maximum absolute atomic E-state index is 3.94. The van der Waals surface area contributed by atoms with E-state index in [4.69, 9.17) is 0 Å². The van der Waals surface area contributed by atoms with Crippen molar-refractivity contribution < 1.29 is 0 Å². The number of rotatable bonds is 1. The summed E-state index contributed by atoms with van der Waals surface area (Å²) >= 11 is 3.94. The molecular weight excluding hydrogens is 124 g/mol. The summed E-state index contributed by atoms with van der Waals surface area (Å²) in [6.07, 6.45) is 1.53. The van der Waals surface area contributed by atoms with Crippen molar-refractivity contribution in [3.05, 3.63) is 11.9 Å². The Bertz CT molecular complexity index is 153. The van der Waals surface area contributed by atoms with Crippen LogP contribution in [0.5, 0.6) is 0 Å². The molecule has 8 heavy (non-hydrogen) atoms. The van der Waals surface area contributed by atoms with Crippen molar-refractivity contribution in [2.24, 2.45) is 0 Å². The molecule has 0 amide bonds. The Morgan fingerprint density at radius 3 is 2.75 bits per heavy atom. The first-order valence-corrected chi connectivity index (χ1v) is 2.67. The molecule has 0 spiro atoms. The molecular formula is C3H4N4S. The molecule has 1 rings (SSSR count). The van der Waals surface area contributed by atoms with Crippen molar-refractivity contribution in [1.29, 1.82) is 0 Å². The number of thiol groups is 1. The SMILES string of the molecule is SCc1cnnnn1. The third-order valence-electron chi connectivity index (χ3n) is 0.634. The Labute approximate surface area is 51.7 Å². The van der Waals surface area contributed by atoms with Gasteiger partial charge in [0.15, 0.2) is 0 Å². The monoisotopic (exact) mass is 128 g/mol. The van der Waals surface area contributed by atoms with Gasteiger partial charge < -0.3 is 0 Å². The summed E-state index contributed by atoms with van der Waals surface area (Å²) in [6.45, 7) is 0. The van der Waals surface area contributed by atoms with E-state index in [0.29, 0.717) is 5.75 Å². The minimum Gasteiger partial charge on any atom is -0.173 e. The van der Waals surface area contributed by atoms with E-state index in [2.05, 4.69) is 33.3 Å². The Morgan fingerprint density at radius 2 is 2.38 bits per heavy atom. The van der Waals surface area contributed by atoms with E-state index in [1.54, 1.807) is 0 Å². The third-order valence-corrected chi connectivity index (χ3v) is 0.958. The fourth-order valence-corrected chi connectivity index (χ4v) is 0.436. The van der Waals surface area contributed by atoms with E-state index < -0.39 is 0 Å². The second-order valence-corrected chi connectivity index (χ2v) is 1.49. The highest BCUT2D eigenvalue weighted by atomic mass is 32.1. The molecule has 4 nitrogen and oxygen atoms in total. The van der Waals surface area contributed by atoms with E-state index in [0.717, 1.165) is 5.69 Å². The van der Waals surface area contributed by atoms with E-state index in [1.807, 2.05) is 0 Å². The first kappa shape index (κ1) is 5.43. The topological polar surface area (TPSA) is 51.6 Å². The van der Waals surface area contributed by atoms with Crippen LogP contribution in [0.3, 0.4) is 0 Å². The zero-order valence-electron chi connectivity index (χ0n) is 4.02.